The van der Waals surface area contributed by atoms with E-state index in [1.54, 1.807) is 48.5 Å². The van der Waals surface area contributed by atoms with Crippen molar-refractivity contribution in [2.24, 2.45) is 0 Å². The van der Waals surface area contributed by atoms with Gasteiger partial charge in [-0.2, -0.15) is 4.98 Å². The molecule has 0 aliphatic carbocycles. The highest BCUT2D eigenvalue weighted by atomic mass is 32.2. The number of rotatable bonds is 7. The summed E-state index contributed by atoms with van der Waals surface area (Å²) < 4.78 is 37.6. The minimum atomic E-state index is -3.62. The van der Waals surface area contributed by atoms with E-state index in [0.717, 1.165) is 5.56 Å². The molecule has 0 bridgehead atoms. The Hall–Kier alpha value is -2.87. The summed E-state index contributed by atoms with van der Waals surface area (Å²) >= 11 is 0. The summed E-state index contributed by atoms with van der Waals surface area (Å²) in [7, 11) is -2.10. The lowest BCUT2D eigenvalue weighted by molar-refractivity contribution is 0.284. The van der Waals surface area contributed by atoms with Crippen LogP contribution in [0, 0.1) is 6.92 Å². The third-order valence-electron chi connectivity index (χ3n) is 4.23. The molecule has 1 aromatic heterocycles. The Morgan fingerprint density at radius 1 is 1.07 bits per heavy atom. The van der Waals surface area contributed by atoms with Gasteiger partial charge in [-0.05, 0) is 43.3 Å². The number of aryl methyl sites for hydroxylation is 1. The van der Waals surface area contributed by atoms with Crippen LogP contribution >= 0.6 is 0 Å². The summed E-state index contributed by atoms with van der Waals surface area (Å²) in [6, 6.07) is 13.6. The van der Waals surface area contributed by atoms with Gasteiger partial charge in [-0.1, -0.05) is 36.7 Å². The van der Waals surface area contributed by atoms with Crippen molar-refractivity contribution in [3.63, 3.8) is 0 Å². The second-order valence-electron chi connectivity index (χ2n) is 6.77. The van der Waals surface area contributed by atoms with Crippen LogP contribution in [0.15, 0.2) is 57.9 Å². The molecular formula is C20H23N3O4S. The predicted octanol–water partition coefficient (Wildman–Crippen LogP) is 3.91. The molecule has 7 nitrogen and oxygen atoms in total. The first-order valence-corrected chi connectivity index (χ1v) is 10.3. The Labute approximate surface area is 165 Å². The second-order valence-corrected chi connectivity index (χ2v) is 8.74. The maximum Gasteiger partial charge on any atom is 0.264 e. The maximum absolute atomic E-state index is 12.8. The molecule has 1 heterocycles. The molecule has 0 spiro atoms. The van der Waals surface area contributed by atoms with Crippen molar-refractivity contribution >= 4 is 15.7 Å². The van der Waals surface area contributed by atoms with E-state index in [2.05, 4.69) is 10.1 Å². The SMILES string of the molecule is Cc1ccc(S(=O)(=O)N(C)c2ccc(OCc3noc(C(C)C)n3)cc2)cc1. The van der Waals surface area contributed by atoms with Gasteiger partial charge in [0.1, 0.15) is 5.75 Å². The van der Waals surface area contributed by atoms with E-state index < -0.39 is 10.0 Å². The lowest BCUT2D eigenvalue weighted by atomic mass is 10.2. The zero-order valence-electron chi connectivity index (χ0n) is 16.3. The van der Waals surface area contributed by atoms with E-state index >= 15 is 0 Å². The summed E-state index contributed by atoms with van der Waals surface area (Å²) in [4.78, 5) is 4.50. The smallest absolute Gasteiger partial charge is 0.264 e. The van der Waals surface area contributed by atoms with Gasteiger partial charge < -0.3 is 9.26 Å². The van der Waals surface area contributed by atoms with Crippen LogP contribution in [0.3, 0.4) is 0 Å². The third kappa shape index (κ3) is 4.33. The van der Waals surface area contributed by atoms with Crippen molar-refractivity contribution < 1.29 is 17.7 Å². The van der Waals surface area contributed by atoms with Crippen LogP contribution in [-0.2, 0) is 16.6 Å². The molecule has 0 aliphatic heterocycles. The fraction of sp³-hybridized carbons (Fsp3) is 0.300. The van der Waals surface area contributed by atoms with Crippen LogP contribution in [0.2, 0.25) is 0 Å². The van der Waals surface area contributed by atoms with Crippen molar-refractivity contribution in [2.75, 3.05) is 11.4 Å². The Morgan fingerprint density at radius 2 is 1.71 bits per heavy atom. The molecule has 0 N–H and O–H groups in total. The van der Waals surface area contributed by atoms with Gasteiger partial charge in [0, 0.05) is 13.0 Å². The highest BCUT2D eigenvalue weighted by Crippen LogP contribution is 2.25. The summed E-state index contributed by atoms with van der Waals surface area (Å²) in [5.41, 5.74) is 1.54. The standard InChI is InChI=1S/C20H23N3O4S/c1-14(2)20-21-19(22-27-20)13-26-17-9-7-16(8-10-17)23(4)28(24,25)18-11-5-15(3)6-12-18/h5-12,14H,13H2,1-4H3. The van der Waals surface area contributed by atoms with Gasteiger partial charge in [0.15, 0.2) is 6.61 Å². The summed E-state index contributed by atoms with van der Waals surface area (Å²) in [6.45, 7) is 6.03. The lowest BCUT2D eigenvalue weighted by Gasteiger charge is -2.20. The number of nitrogens with zero attached hydrogens (tertiary/aromatic N) is 3. The molecule has 0 saturated heterocycles. The number of benzene rings is 2. The van der Waals surface area contributed by atoms with Crippen molar-refractivity contribution in [3.8, 4) is 5.75 Å². The van der Waals surface area contributed by atoms with E-state index in [1.165, 1.54) is 11.4 Å². The van der Waals surface area contributed by atoms with Gasteiger partial charge in [0.25, 0.3) is 10.0 Å². The normalized spacial score (nSPS) is 11.6. The van der Waals surface area contributed by atoms with Crippen LogP contribution in [0.25, 0.3) is 0 Å². The van der Waals surface area contributed by atoms with Crippen molar-refractivity contribution in [1.29, 1.82) is 0 Å². The second kappa shape index (κ2) is 8.02. The first kappa shape index (κ1) is 19.9. The van der Waals surface area contributed by atoms with Crippen molar-refractivity contribution in [2.45, 2.75) is 38.2 Å². The fourth-order valence-electron chi connectivity index (χ4n) is 2.47. The predicted molar refractivity (Wildman–Crippen MR) is 106 cm³/mol. The first-order chi connectivity index (χ1) is 13.3. The van der Waals surface area contributed by atoms with Gasteiger partial charge in [0.05, 0.1) is 10.6 Å². The molecule has 8 heteroatoms. The summed E-state index contributed by atoms with van der Waals surface area (Å²) in [6.07, 6.45) is 0. The van der Waals surface area contributed by atoms with Gasteiger partial charge in [-0.3, -0.25) is 4.31 Å². The molecule has 3 rings (SSSR count). The maximum atomic E-state index is 12.8. The minimum Gasteiger partial charge on any atom is -0.485 e. The molecule has 0 unspecified atom stereocenters. The van der Waals surface area contributed by atoms with Crippen LogP contribution in [-0.4, -0.2) is 25.6 Å². The first-order valence-electron chi connectivity index (χ1n) is 8.88. The van der Waals surface area contributed by atoms with E-state index in [0.29, 0.717) is 23.2 Å². The number of sulfonamides is 1. The quantitative estimate of drug-likeness (QED) is 0.597. The van der Waals surface area contributed by atoms with E-state index in [9.17, 15) is 8.42 Å². The van der Waals surface area contributed by atoms with Gasteiger partial charge in [0.2, 0.25) is 11.7 Å². The Kier molecular flexibility index (Phi) is 5.69. The average Bonchev–Trinajstić information content (AvgIpc) is 3.16. The van der Waals surface area contributed by atoms with Crippen molar-refractivity contribution in [3.05, 3.63) is 65.8 Å². The Morgan fingerprint density at radius 3 is 2.29 bits per heavy atom. The largest absolute Gasteiger partial charge is 0.485 e. The number of ether oxygens (including phenoxy) is 1. The molecule has 28 heavy (non-hydrogen) atoms. The van der Waals surface area contributed by atoms with Gasteiger partial charge in [-0.25, -0.2) is 8.42 Å². The molecule has 0 saturated carbocycles. The number of hydrogen-bond donors (Lipinski definition) is 0. The zero-order valence-corrected chi connectivity index (χ0v) is 17.1. The molecule has 3 aromatic rings. The molecule has 0 fully saturated rings. The van der Waals surface area contributed by atoms with Crippen molar-refractivity contribution in [1.82, 2.24) is 10.1 Å². The Bertz CT molecular complexity index is 1030. The fourth-order valence-corrected chi connectivity index (χ4v) is 3.66. The zero-order chi connectivity index (χ0) is 20.3. The van der Waals surface area contributed by atoms with Crippen LogP contribution in [0.5, 0.6) is 5.75 Å². The molecular weight excluding hydrogens is 378 g/mol. The lowest BCUT2D eigenvalue weighted by Crippen LogP contribution is -2.26. The summed E-state index contributed by atoms with van der Waals surface area (Å²) in [5, 5.41) is 3.87. The third-order valence-corrected chi connectivity index (χ3v) is 6.03. The number of hydrogen-bond acceptors (Lipinski definition) is 6. The van der Waals surface area contributed by atoms with Crippen LogP contribution in [0.1, 0.15) is 37.0 Å². The van der Waals surface area contributed by atoms with Gasteiger partial charge >= 0.3 is 0 Å². The monoisotopic (exact) mass is 401 g/mol. The topological polar surface area (TPSA) is 85.5 Å². The van der Waals surface area contributed by atoms with Crippen LogP contribution < -0.4 is 9.04 Å². The molecule has 2 aromatic carbocycles. The van der Waals surface area contributed by atoms with E-state index in [1.807, 2.05) is 20.8 Å². The Balaban J connectivity index is 1.68. The molecule has 0 atom stereocenters. The molecule has 0 aliphatic rings. The number of aromatic nitrogens is 2. The molecule has 0 radical (unpaired) electrons. The van der Waals surface area contributed by atoms with E-state index in [-0.39, 0.29) is 17.4 Å². The van der Waals surface area contributed by atoms with E-state index in [4.69, 9.17) is 9.26 Å². The molecule has 0 amide bonds. The number of anilines is 1. The highest BCUT2D eigenvalue weighted by molar-refractivity contribution is 7.92. The van der Waals surface area contributed by atoms with Gasteiger partial charge in [-0.15, -0.1) is 0 Å². The highest BCUT2D eigenvalue weighted by Gasteiger charge is 2.21. The van der Waals surface area contributed by atoms with Crippen LogP contribution in [0.4, 0.5) is 5.69 Å². The summed E-state index contributed by atoms with van der Waals surface area (Å²) in [5.74, 6) is 1.77. The minimum absolute atomic E-state index is 0.159. The molecule has 148 valence electrons. The average molecular weight is 401 g/mol.